The minimum Gasteiger partial charge on any atom is -0.378 e. The number of aryl methyl sites for hydroxylation is 1. The predicted octanol–water partition coefficient (Wildman–Crippen LogP) is 2.16. The van der Waals surface area contributed by atoms with Gasteiger partial charge in [-0.15, -0.1) is 0 Å². The second kappa shape index (κ2) is 8.15. The molecule has 2 rings (SSSR count). The van der Waals surface area contributed by atoms with Gasteiger partial charge in [0.15, 0.2) is 0 Å². The first kappa shape index (κ1) is 16.8. The number of hydrogen-bond donors (Lipinski definition) is 2. The molecule has 1 heterocycles. The smallest absolute Gasteiger partial charge is 0.0623 e. The van der Waals surface area contributed by atoms with Crippen LogP contribution in [0.15, 0.2) is 23.1 Å². The summed E-state index contributed by atoms with van der Waals surface area (Å²) < 4.78 is 8.73. The second-order valence-electron chi connectivity index (χ2n) is 5.64. The van der Waals surface area contributed by atoms with Gasteiger partial charge in [-0.05, 0) is 62.1 Å². The highest BCUT2D eigenvalue weighted by atomic mass is 32.2. The largest absolute Gasteiger partial charge is 0.378 e. The lowest BCUT2D eigenvalue weighted by Crippen LogP contribution is -2.47. The van der Waals surface area contributed by atoms with Gasteiger partial charge in [0.05, 0.1) is 13.2 Å². The quantitative estimate of drug-likeness (QED) is 0.789. The molecule has 5 heteroatoms. The first-order chi connectivity index (χ1) is 10.1. The van der Waals surface area contributed by atoms with E-state index in [4.69, 9.17) is 10.5 Å². The van der Waals surface area contributed by atoms with Crippen LogP contribution >= 0.6 is 11.9 Å². The lowest BCUT2D eigenvalue weighted by Gasteiger charge is -2.36. The van der Waals surface area contributed by atoms with Crippen molar-refractivity contribution in [3.05, 3.63) is 29.3 Å². The summed E-state index contributed by atoms with van der Waals surface area (Å²) in [6.07, 6.45) is 1.03. The summed E-state index contributed by atoms with van der Waals surface area (Å²) in [5, 5.41) is 0. The van der Waals surface area contributed by atoms with Crippen molar-refractivity contribution in [3.8, 4) is 0 Å². The van der Waals surface area contributed by atoms with Crippen LogP contribution in [0, 0.1) is 6.92 Å². The van der Waals surface area contributed by atoms with E-state index in [1.165, 1.54) is 16.0 Å². The molecule has 0 aliphatic carbocycles. The second-order valence-corrected chi connectivity index (χ2v) is 6.73. The Balaban J connectivity index is 2.04. The number of nitrogens with two attached hydrogens (primary N) is 1. The number of likely N-dealkylation sites (N-methyl/N-ethyl adjacent to an activating group) is 1. The van der Waals surface area contributed by atoms with Crippen LogP contribution in [0.2, 0.25) is 0 Å². The third-order valence-corrected chi connectivity index (χ3v) is 4.74. The fourth-order valence-electron chi connectivity index (χ4n) is 2.84. The summed E-state index contributed by atoms with van der Waals surface area (Å²) in [6, 6.07) is 7.27. The van der Waals surface area contributed by atoms with Gasteiger partial charge in [-0.2, -0.15) is 0 Å². The van der Waals surface area contributed by atoms with E-state index in [9.17, 15) is 0 Å². The average molecular weight is 309 g/mol. The maximum atomic E-state index is 6.03. The van der Waals surface area contributed by atoms with E-state index in [-0.39, 0.29) is 6.04 Å². The Morgan fingerprint density at radius 3 is 2.86 bits per heavy atom. The Morgan fingerprint density at radius 2 is 2.24 bits per heavy atom. The minimum atomic E-state index is 0.174. The molecule has 1 aliphatic rings. The number of rotatable bonds is 6. The van der Waals surface area contributed by atoms with Gasteiger partial charge in [0.25, 0.3) is 0 Å². The third-order valence-electron chi connectivity index (χ3n) is 4.05. The zero-order valence-electron chi connectivity index (χ0n) is 13.3. The Labute approximate surface area is 132 Å². The van der Waals surface area contributed by atoms with Crippen molar-refractivity contribution >= 4 is 11.9 Å². The lowest BCUT2D eigenvalue weighted by atomic mass is 10.0. The van der Waals surface area contributed by atoms with Crippen molar-refractivity contribution < 1.29 is 4.74 Å². The molecule has 1 fully saturated rings. The Bertz CT molecular complexity index is 455. The number of nitrogens with one attached hydrogen (secondary N) is 1. The van der Waals surface area contributed by atoms with Crippen LogP contribution in [0.3, 0.4) is 0 Å². The van der Waals surface area contributed by atoms with Crippen molar-refractivity contribution in [2.45, 2.75) is 43.8 Å². The summed E-state index contributed by atoms with van der Waals surface area (Å²) >= 11 is 1.65. The minimum absolute atomic E-state index is 0.174. The predicted molar refractivity (Wildman–Crippen MR) is 89.4 cm³/mol. The molecule has 0 spiro atoms. The van der Waals surface area contributed by atoms with Crippen LogP contribution in [-0.2, 0) is 11.3 Å². The first-order valence-electron chi connectivity index (χ1n) is 7.64. The molecule has 0 bridgehead atoms. The third kappa shape index (κ3) is 4.69. The Morgan fingerprint density at radius 1 is 1.43 bits per heavy atom. The number of nitrogens with zero attached hydrogens (tertiary/aromatic N) is 1. The normalized spacial score (nSPS) is 22.7. The van der Waals surface area contributed by atoms with Crippen molar-refractivity contribution in [2.75, 3.05) is 26.8 Å². The molecule has 1 aromatic rings. The topological polar surface area (TPSA) is 50.5 Å². The van der Waals surface area contributed by atoms with Crippen molar-refractivity contribution in [1.29, 1.82) is 0 Å². The van der Waals surface area contributed by atoms with Gasteiger partial charge in [-0.3, -0.25) is 9.62 Å². The van der Waals surface area contributed by atoms with Gasteiger partial charge in [-0.1, -0.05) is 13.0 Å². The highest BCUT2D eigenvalue weighted by Gasteiger charge is 2.25. The Kier molecular flexibility index (Phi) is 6.51. The zero-order chi connectivity index (χ0) is 15.2. The SMILES string of the molecule is CCN(Cc1ccc(SNC)cc1C)C1COCC(N)C1. The van der Waals surface area contributed by atoms with E-state index in [2.05, 4.69) is 41.7 Å². The molecule has 2 unspecified atom stereocenters. The molecular formula is C16H27N3OS. The number of hydrogen-bond acceptors (Lipinski definition) is 5. The molecule has 0 amide bonds. The summed E-state index contributed by atoms with van der Waals surface area (Å²) in [7, 11) is 1.94. The molecule has 21 heavy (non-hydrogen) atoms. The van der Waals surface area contributed by atoms with E-state index in [0.29, 0.717) is 12.6 Å². The van der Waals surface area contributed by atoms with Crippen LogP contribution in [0.5, 0.6) is 0 Å². The van der Waals surface area contributed by atoms with Crippen molar-refractivity contribution in [3.63, 3.8) is 0 Å². The maximum Gasteiger partial charge on any atom is 0.0623 e. The molecule has 0 aromatic heterocycles. The lowest BCUT2D eigenvalue weighted by molar-refractivity contribution is 0.00592. The molecule has 2 atom stereocenters. The van der Waals surface area contributed by atoms with E-state index >= 15 is 0 Å². The summed E-state index contributed by atoms with van der Waals surface area (Å²) in [5.74, 6) is 0. The highest BCUT2D eigenvalue weighted by Crippen LogP contribution is 2.22. The molecule has 4 nitrogen and oxygen atoms in total. The maximum absolute atomic E-state index is 6.03. The van der Waals surface area contributed by atoms with Gasteiger partial charge in [-0.25, -0.2) is 0 Å². The molecule has 3 N–H and O–H groups in total. The van der Waals surface area contributed by atoms with E-state index < -0.39 is 0 Å². The van der Waals surface area contributed by atoms with Gasteiger partial charge in [0, 0.05) is 23.5 Å². The monoisotopic (exact) mass is 309 g/mol. The van der Waals surface area contributed by atoms with Crippen LogP contribution in [-0.4, -0.2) is 43.8 Å². The van der Waals surface area contributed by atoms with Crippen LogP contribution < -0.4 is 10.5 Å². The highest BCUT2D eigenvalue weighted by molar-refractivity contribution is 7.97. The molecular weight excluding hydrogens is 282 g/mol. The van der Waals surface area contributed by atoms with Gasteiger partial charge >= 0.3 is 0 Å². The van der Waals surface area contributed by atoms with Gasteiger partial charge in [0.1, 0.15) is 0 Å². The molecule has 1 saturated heterocycles. The van der Waals surface area contributed by atoms with Gasteiger partial charge < -0.3 is 10.5 Å². The van der Waals surface area contributed by atoms with Crippen molar-refractivity contribution in [1.82, 2.24) is 9.62 Å². The van der Waals surface area contributed by atoms with E-state index in [0.717, 1.165) is 26.1 Å². The standard InChI is InChI=1S/C16H27N3OS/c1-4-19(15-8-14(17)10-20-11-15)9-13-5-6-16(21-18-3)7-12(13)2/h5-7,14-15,18H,4,8-11,17H2,1-3H3. The van der Waals surface area contributed by atoms with E-state index in [1.807, 2.05) is 7.05 Å². The van der Waals surface area contributed by atoms with Crippen LogP contribution in [0.4, 0.5) is 0 Å². The molecule has 1 aromatic carbocycles. The van der Waals surface area contributed by atoms with E-state index in [1.54, 1.807) is 11.9 Å². The number of benzene rings is 1. The van der Waals surface area contributed by atoms with Crippen LogP contribution in [0.25, 0.3) is 0 Å². The van der Waals surface area contributed by atoms with Crippen LogP contribution in [0.1, 0.15) is 24.5 Å². The van der Waals surface area contributed by atoms with Crippen molar-refractivity contribution in [2.24, 2.45) is 5.73 Å². The Hall–Kier alpha value is -0.590. The number of ether oxygens (including phenoxy) is 1. The summed E-state index contributed by atoms with van der Waals surface area (Å²) in [5.41, 5.74) is 8.76. The summed E-state index contributed by atoms with van der Waals surface area (Å²) in [4.78, 5) is 3.73. The van der Waals surface area contributed by atoms with Gasteiger partial charge in [0.2, 0.25) is 0 Å². The fourth-order valence-corrected chi connectivity index (χ4v) is 3.45. The zero-order valence-corrected chi connectivity index (χ0v) is 14.1. The summed E-state index contributed by atoms with van der Waals surface area (Å²) in [6.45, 7) is 7.88. The first-order valence-corrected chi connectivity index (χ1v) is 8.46. The average Bonchev–Trinajstić information content (AvgIpc) is 2.47. The molecule has 118 valence electrons. The molecule has 0 saturated carbocycles. The molecule has 0 radical (unpaired) electrons. The fraction of sp³-hybridized carbons (Fsp3) is 0.625. The molecule has 1 aliphatic heterocycles.